The SMILES string of the molecule is O=S(=O)([C@H]1CCNC1)N1CCNCC1. The molecule has 2 aliphatic rings. The zero-order valence-electron chi connectivity index (χ0n) is 8.20. The predicted octanol–water partition coefficient (Wildman–Crippen LogP) is -1.42. The molecule has 0 radical (unpaired) electrons. The van der Waals surface area contributed by atoms with Crippen LogP contribution in [-0.4, -0.2) is 57.2 Å². The molecular weight excluding hydrogens is 202 g/mol. The molecule has 0 spiro atoms. The van der Waals surface area contributed by atoms with E-state index in [0.717, 1.165) is 26.1 Å². The molecule has 14 heavy (non-hydrogen) atoms. The van der Waals surface area contributed by atoms with E-state index in [-0.39, 0.29) is 5.25 Å². The molecule has 2 N–H and O–H groups in total. The van der Waals surface area contributed by atoms with E-state index in [0.29, 0.717) is 19.6 Å². The van der Waals surface area contributed by atoms with Crippen LogP contribution in [0.5, 0.6) is 0 Å². The van der Waals surface area contributed by atoms with Gasteiger partial charge in [0.25, 0.3) is 0 Å². The lowest BCUT2D eigenvalue weighted by Crippen LogP contribution is -2.49. The van der Waals surface area contributed by atoms with Crippen molar-refractivity contribution < 1.29 is 8.42 Å². The summed E-state index contributed by atoms with van der Waals surface area (Å²) in [5.74, 6) is 0. The van der Waals surface area contributed by atoms with Gasteiger partial charge in [-0.05, 0) is 13.0 Å². The van der Waals surface area contributed by atoms with Crippen LogP contribution in [-0.2, 0) is 10.0 Å². The Balaban J connectivity index is 2.05. The van der Waals surface area contributed by atoms with Gasteiger partial charge in [0.2, 0.25) is 10.0 Å². The molecular formula is C8H17N3O2S. The number of rotatable bonds is 2. The highest BCUT2D eigenvalue weighted by Gasteiger charge is 2.34. The first-order valence-corrected chi connectivity index (χ1v) is 6.62. The number of nitrogens with zero attached hydrogens (tertiary/aromatic N) is 1. The molecule has 0 aromatic carbocycles. The summed E-state index contributed by atoms with van der Waals surface area (Å²) in [5.41, 5.74) is 0. The van der Waals surface area contributed by atoms with Crippen molar-refractivity contribution in [2.24, 2.45) is 0 Å². The minimum absolute atomic E-state index is 0.194. The van der Waals surface area contributed by atoms with E-state index in [1.54, 1.807) is 4.31 Å². The fourth-order valence-electron chi connectivity index (χ4n) is 1.99. The van der Waals surface area contributed by atoms with Crippen LogP contribution < -0.4 is 10.6 Å². The van der Waals surface area contributed by atoms with Crippen molar-refractivity contribution in [2.75, 3.05) is 39.3 Å². The van der Waals surface area contributed by atoms with Crippen LogP contribution in [0.15, 0.2) is 0 Å². The zero-order chi connectivity index (χ0) is 10.0. The standard InChI is InChI=1S/C8H17N3O2S/c12-14(13,8-1-2-10-7-8)11-5-3-9-4-6-11/h8-10H,1-7H2/t8-/m0/s1. The van der Waals surface area contributed by atoms with Crippen molar-refractivity contribution in [1.82, 2.24) is 14.9 Å². The van der Waals surface area contributed by atoms with Crippen molar-refractivity contribution in [3.63, 3.8) is 0 Å². The molecule has 0 amide bonds. The normalized spacial score (nSPS) is 30.7. The summed E-state index contributed by atoms with van der Waals surface area (Å²) < 4.78 is 25.7. The fraction of sp³-hybridized carbons (Fsp3) is 1.00. The maximum atomic E-state index is 12.0. The zero-order valence-corrected chi connectivity index (χ0v) is 9.02. The van der Waals surface area contributed by atoms with Gasteiger partial charge in [-0.3, -0.25) is 0 Å². The van der Waals surface area contributed by atoms with Crippen LogP contribution in [0.4, 0.5) is 0 Å². The molecule has 2 fully saturated rings. The second-order valence-electron chi connectivity index (χ2n) is 3.81. The Hall–Kier alpha value is -0.170. The Morgan fingerprint density at radius 2 is 1.79 bits per heavy atom. The van der Waals surface area contributed by atoms with E-state index < -0.39 is 10.0 Å². The van der Waals surface area contributed by atoms with Crippen molar-refractivity contribution in [1.29, 1.82) is 0 Å². The molecule has 0 saturated carbocycles. The van der Waals surface area contributed by atoms with Gasteiger partial charge in [-0.1, -0.05) is 0 Å². The molecule has 6 heteroatoms. The first kappa shape index (κ1) is 10.4. The predicted molar refractivity (Wildman–Crippen MR) is 54.6 cm³/mol. The molecule has 0 aromatic rings. The lowest BCUT2D eigenvalue weighted by molar-refractivity contribution is 0.356. The molecule has 2 rings (SSSR count). The molecule has 0 aliphatic carbocycles. The van der Waals surface area contributed by atoms with Crippen molar-refractivity contribution in [3.8, 4) is 0 Å². The highest BCUT2D eigenvalue weighted by Crippen LogP contribution is 2.15. The Morgan fingerprint density at radius 3 is 2.36 bits per heavy atom. The largest absolute Gasteiger partial charge is 0.315 e. The van der Waals surface area contributed by atoms with Gasteiger partial charge >= 0.3 is 0 Å². The smallest absolute Gasteiger partial charge is 0.218 e. The Morgan fingerprint density at radius 1 is 1.07 bits per heavy atom. The third kappa shape index (κ3) is 1.93. The summed E-state index contributed by atoms with van der Waals surface area (Å²) in [6.07, 6.45) is 0.756. The third-order valence-electron chi connectivity index (χ3n) is 2.87. The molecule has 2 heterocycles. The van der Waals surface area contributed by atoms with Gasteiger partial charge in [-0.2, -0.15) is 4.31 Å². The molecule has 2 aliphatic heterocycles. The molecule has 0 aromatic heterocycles. The molecule has 82 valence electrons. The summed E-state index contributed by atoms with van der Waals surface area (Å²) in [7, 11) is -3.03. The van der Waals surface area contributed by atoms with Crippen LogP contribution in [0.1, 0.15) is 6.42 Å². The Labute approximate surface area is 84.9 Å². The van der Waals surface area contributed by atoms with E-state index in [9.17, 15) is 8.42 Å². The van der Waals surface area contributed by atoms with Crippen LogP contribution in [0.3, 0.4) is 0 Å². The summed E-state index contributed by atoms with van der Waals surface area (Å²) in [5, 5.41) is 6.06. The van der Waals surface area contributed by atoms with E-state index >= 15 is 0 Å². The van der Waals surface area contributed by atoms with E-state index in [4.69, 9.17) is 0 Å². The summed E-state index contributed by atoms with van der Waals surface area (Å²) >= 11 is 0. The molecule has 2 saturated heterocycles. The van der Waals surface area contributed by atoms with Crippen molar-refractivity contribution >= 4 is 10.0 Å². The van der Waals surface area contributed by atoms with Gasteiger partial charge < -0.3 is 10.6 Å². The molecule has 5 nitrogen and oxygen atoms in total. The quantitative estimate of drug-likeness (QED) is 0.598. The number of piperazine rings is 1. The minimum Gasteiger partial charge on any atom is -0.315 e. The van der Waals surface area contributed by atoms with Gasteiger partial charge in [0.05, 0.1) is 5.25 Å². The Kier molecular flexibility index (Phi) is 3.06. The lowest BCUT2D eigenvalue weighted by atomic mass is 10.4. The average molecular weight is 219 g/mol. The van der Waals surface area contributed by atoms with E-state index in [2.05, 4.69) is 10.6 Å². The second-order valence-corrected chi connectivity index (χ2v) is 6.02. The fourth-order valence-corrected chi connectivity index (χ4v) is 3.85. The van der Waals surface area contributed by atoms with E-state index in [1.807, 2.05) is 0 Å². The molecule has 0 bridgehead atoms. The average Bonchev–Trinajstić information content (AvgIpc) is 2.72. The highest BCUT2D eigenvalue weighted by atomic mass is 32.2. The summed E-state index contributed by atoms with van der Waals surface area (Å²) in [6, 6.07) is 0. The van der Waals surface area contributed by atoms with Gasteiger partial charge in [0.15, 0.2) is 0 Å². The number of nitrogens with one attached hydrogen (secondary N) is 2. The second kappa shape index (κ2) is 4.14. The number of hydrogen-bond acceptors (Lipinski definition) is 4. The maximum Gasteiger partial charge on any atom is 0.218 e. The summed E-state index contributed by atoms with van der Waals surface area (Å²) in [6.45, 7) is 4.25. The number of sulfonamides is 1. The van der Waals surface area contributed by atoms with Crippen LogP contribution in [0.25, 0.3) is 0 Å². The maximum absolute atomic E-state index is 12.0. The number of hydrogen-bond donors (Lipinski definition) is 2. The van der Waals surface area contributed by atoms with Crippen molar-refractivity contribution in [2.45, 2.75) is 11.7 Å². The van der Waals surface area contributed by atoms with E-state index in [1.165, 1.54) is 0 Å². The first-order valence-electron chi connectivity index (χ1n) is 5.11. The highest BCUT2D eigenvalue weighted by molar-refractivity contribution is 7.89. The van der Waals surface area contributed by atoms with Crippen LogP contribution >= 0.6 is 0 Å². The van der Waals surface area contributed by atoms with Crippen molar-refractivity contribution in [3.05, 3.63) is 0 Å². The summed E-state index contributed by atoms with van der Waals surface area (Å²) in [4.78, 5) is 0. The van der Waals surface area contributed by atoms with Gasteiger partial charge in [-0.25, -0.2) is 8.42 Å². The monoisotopic (exact) mass is 219 g/mol. The van der Waals surface area contributed by atoms with Gasteiger partial charge in [-0.15, -0.1) is 0 Å². The van der Waals surface area contributed by atoms with Crippen LogP contribution in [0, 0.1) is 0 Å². The first-order chi connectivity index (χ1) is 6.71. The Bertz CT molecular complexity index is 279. The van der Waals surface area contributed by atoms with Gasteiger partial charge in [0.1, 0.15) is 0 Å². The lowest BCUT2D eigenvalue weighted by Gasteiger charge is -2.28. The topological polar surface area (TPSA) is 61.4 Å². The molecule has 0 unspecified atom stereocenters. The minimum atomic E-state index is -3.03. The molecule has 1 atom stereocenters. The van der Waals surface area contributed by atoms with Gasteiger partial charge in [0, 0.05) is 32.7 Å². The third-order valence-corrected chi connectivity index (χ3v) is 5.20. The van der Waals surface area contributed by atoms with Crippen LogP contribution in [0.2, 0.25) is 0 Å².